The fourth-order valence-corrected chi connectivity index (χ4v) is 3.77. The van der Waals surface area contributed by atoms with Crippen molar-refractivity contribution < 1.29 is 19.1 Å². The summed E-state index contributed by atoms with van der Waals surface area (Å²) in [5.74, 6) is -2.62. The molecule has 0 unspecified atom stereocenters. The van der Waals surface area contributed by atoms with Gasteiger partial charge in [-0.3, -0.25) is 24.6 Å². The second kappa shape index (κ2) is 6.65. The van der Waals surface area contributed by atoms with Gasteiger partial charge in [0, 0.05) is 12.6 Å². The van der Waals surface area contributed by atoms with Crippen molar-refractivity contribution in [3.63, 3.8) is 0 Å². The molecule has 25 heavy (non-hydrogen) atoms. The summed E-state index contributed by atoms with van der Waals surface area (Å²) < 4.78 is 4.81. The van der Waals surface area contributed by atoms with Crippen LogP contribution in [0.5, 0.6) is 0 Å². The van der Waals surface area contributed by atoms with Gasteiger partial charge in [-0.05, 0) is 24.1 Å². The van der Waals surface area contributed by atoms with E-state index in [-0.39, 0.29) is 11.8 Å². The van der Waals surface area contributed by atoms with Crippen LogP contribution in [0.3, 0.4) is 0 Å². The maximum absolute atomic E-state index is 12.8. The Morgan fingerprint density at radius 1 is 1.32 bits per heavy atom. The van der Waals surface area contributed by atoms with Crippen LogP contribution in [0.4, 0.5) is 0 Å². The second-order valence-electron chi connectivity index (χ2n) is 6.26. The van der Waals surface area contributed by atoms with Crippen molar-refractivity contribution >= 4 is 17.8 Å². The number of methoxy groups -OCH3 is 1. The summed E-state index contributed by atoms with van der Waals surface area (Å²) in [6.45, 7) is 2.22. The molecule has 2 amide bonds. The van der Waals surface area contributed by atoms with E-state index in [2.05, 4.69) is 11.4 Å². The molecule has 2 heterocycles. The van der Waals surface area contributed by atoms with E-state index in [0.29, 0.717) is 24.1 Å². The number of nitriles is 1. The van der Waals surface area contributed by atoms with Gasteiger partial charge in [-0.25, -0.2) is 0 Å². The van der Waals surface area contributed by atoms with Crippen LogP contribution in [0.2, 0.25) is 0 Å². The Labute approximate surface area is 145 Å². The lowest BCUT2D eigenvalue weighted by Crippen LogP contribution is -2.43. The average Bonchev–Trinajstić information content (AvgIpc) is 3.14. The number of fused-ring (bicyclic) bond motifs is 1. The summed E-state index contributed by atoms with van der Waals surface area (Å²) in [4.78, 5) is 39.0. The van der Waals surface area contributed by atoms with Crippen molar-refractivity contribution in [1.82, 2.24) is 10.2 Å². The predicted molar refractivity (Wildman–Crippen MR) is 86.8 cm³/mol. The zero-order valence-electron chi connectivity index (χ0n) is 14.1. The van der Waals surface area contributed by atoms with Gasteiger partial charge < -0.3 is 4.74 Å². The molecule has 1 aromatic carbocycles. The van der Waals surface area contributed by atoms with Crippen molar-refractivity contribution in [3.05, 3.63) is 35.4 Å². The van der Waals surface area contributed by atoms with Gasteiger partial charge in [0.2, 0.25) is 11.8 Å². The zero-order valence-corrected chi connectivity index (χ0v) is 14.1. The van der Waals surface area contributed by atoms with E-state index in [0.717, 1.165) is 0 Å². The quantitative estimate of drug-likeness (QED) is 0.641. The van der Waals surface area contributed by atoms with Crippen molar-refractivity contribution in [1.29, 1.82) is 5.26 Å². The fraction of sp³-hybridized carbons (Fsp3) is 0.444. The highest BCUT2D eigenvalue weighted by Gasteiger charge is 2.60. The van der Waals surface area contributed by atoms with Crippen molar-refractivity contribution in [2.24, 2.45) is 11.8 Å². The van der Waals surface area contributed by atoms with Crippen LogP contribution in [0.1, 0.15) is 30.5 Å². The van der Waals surface area contributed by atoms with Gasteiger partial charge in [-0.1, -0.05) is 19.1 Å². The van der Waals surface area contributed by atoms with Crippen LogP contribution in [-0.2, 0) is 19.1 Å². The van der Waals surface area contributed by atoms with Crippen LogP contribution < -0.4 is 5.32 Å². The number of likely N-dealkylation sites (tertiary alicyclic amines) is 1. The minimum atomic E-state index is -0.871. The van der Waals surface area contributed by atoms with E-state index in [4.69, 9.17) is 10.00 Å². The van der Waals surface area contributed by atoms with Gasteiger partial charge in [-0.2, -0.15) is 5.26 Å². The third-order valence-corrected chi connectivity index (χ3v) is 4.84. The molecule has 0 aliphatic carbocycles. The molecule has 7 heteroatoms. The van der Waals surface area contributed by atoms with Crippen molar-refractivity contribution in [3.8, 4) is 6.07 Å². The molecule has 7 nitrogen and oxygen atoms in total. The molecular formula is C18H19N3O4. The first-order chi connectivity index (χ1) is 12.0. The first kappa shape index (κ1) is 17.1. The number of nitrogens with zero attached hydrogens (tertiary/aromatic N) is 2. The van der Waals surface area contributed by atoms with Gasteiger partial charge in [0.05, 0.1) is 30.6 Å². The monoisotopic (exact) mass is 341 g/mol. The summed E-state index contributed by atoms with van der Waals surface area (Å²) >= 11 is 0. The average molecular weight is 341 g/mol. The topological polar surface area (TPSA) is 99.5 Å². The summed E-state index contributed by atoms with van der Waals surface area (Å²) in [6.07, 6.45) is 0.655. The number of hydrogen-bond donors (Lipinski definition) is 1. The number of amides is 2. The lowest BCUT2D eigenvalue weighted by Gasteiger charge is -2.21. The number of hydrogen-bond acceptors (Lipinski definition) is 6. The minimum Gasteiger partial charge on any atom is -0.468 e. The molecule has 1 aromatic rings. The molecule has 2 saturated heterocycles. The first-order valence-electron chi connectivity index (χ1n) is 8.22. The highest BCUT2D eigenvalue weighted by molar-refractivity contribution is 6.08. The number of rotatable bonds is 4. The SMILES string of the molecule is CCCN1C(=O)[C@@H]2[C@H](C1=O)[C@@H](c1cccc(C#N)c1)N[C@@H]2C(=O)OC. The van der Waals surface area contributed by atoms with E-state index in [9.17, 15) is 14.4 Å². The van der Waals surface area contributed by atoms with Crippen LogP contribution in [0, 0.1) is 23.2 Å². The maximum atomic E-state index is 12.8. The maximum Gasteiger partial charge on any atom is 0.323 e. The molecular weight excluding hydrogens is 322 g/mol. The molecule has 130 valence electrons. The number of imide groups is 1. The highest BCUT2D eigenvalue weighted by Crippen LogP contribution is 2.44. The molecule has 0 bridgehead atoms. The molecule has 4 atom stereocenters. The molecule has 0 spiro atoms. The smallest absolute Gasteiger partial charge is 0.323 e. The van der Waals surface area contributed by atoms with Crippen LogP contribution in [0.15, 0.2) is 24.3 Å². The van der Waals surface area contributed by atoms with E-state index in [1.54, 1.807) is 24.3 Å². The van der Waals surface area contributed by atoms with E-state index >= 15 is 0 Å². The molecule has 0 radical (unpaired) electrons. The van der Waals surface area contributed by atoms with E-state index in [1.165, 1.54) is 12.0 Å². The predicted octanol–water partition coefficient (Wildman–Crippen LogP) is 0.755. The number of ether oxygens (including phenoxy) is 1. The standard InChI is InChI=1S/C18H19N3O4/c1-3-7-21-16(22)12-13(17(21)23)15(18(24)25-2)20-14(12)11-6-4-5-10(8-11)9-19/h4-6,8,12-15,20H,3,7H2,1-2H3/t12-,13+,14+,15-/m0/s1. The molecule has 2 aliphatic heterocycles. The third kappa shape index (κ3) is 2.68. The molecule has 0 saturated carbocycles. The van der Waals surface area contributed by atoms with Crippen LogP contribution in [-0.4, -0.2) is 42.4 Å². The normalized spacial score (nSPS) is 28.0. The largest absolute Gasteiger partial charge is 0.468 e. The number of benzene rings is 1. The van der Waals surface area contributed by atoms with Crippen LogP contribution >= 0.6 is 0 Å². The van der Waals surface area contributed by atoms with Crippen molar-refractivity contribution in [2.75, 3.05) is 13.7 Å². The van der Waals surface area contributed by atoms with Crippen molar-refractivity contribution in [2.45, 2.75) is 25.4 Å². The van der Waals surface area contributed by atoms with Gasteiger partial charge >= 0.3 is 5.97 Å². The third-order valence-electron chi connectivity index (χ3n) is 4.84. The molecule has 0 aromatic heterocycles. The molecule has 3 rings (SSSR count). The number of carbonyl (C=O) groups is 3. The van der Waals surface area contributed by atoms with E-state index in [1.807, 2.05) is 6.92 Å². The first-order valence-corrected chi connectivity index (χ1v) is 8.22. The fourth-order valence-electron chi connectivity index (χ4n) is 3.77. The molecule has 2 fully saturated rings. The Bertz CT molecular complexity index is 770. The summed E-state index contributed by atoms with van der Waals surface area (Å²) in [5.41, 5.74) is 1.17. The summed E-state index contributed by atoms with van der Waals surface area (Å²) in [6, 6.07) is 7.53. The lowest BCUT2D eigenvalue weighted by atomic mass is 9.86. The zero-order chi connectivity index (χ0) is 18.1. The van der Waals surface area contributed by atoms with Crippen LogP contribution in [0.25, 0.3) is 0 Å². The Hall–Kier alpha value is -2.72. The molecule has 1 N–H and O–H groups in total. The lowest BCUT2D eigenvalue weighted by molar-refractivity contribution is -0.148. The van der Waals surface area contributed by atoms with Gasteiger partial charge in [0.15, 0.2) is 0 Å². The Balaban J connectivity index is 2.03. The summed E-state index contributed by atoms with van der Waals surface area (Å²) in [7, 11) is 1.26. The Morgan fingerprint density at radius 2 is 2.04 bits per heavy atom. The Kier molecular flexibility index (Phi) is 4.55. The molecule has 2 aliphatic rings. The highest BCUT2D eigenvalue weighted by atomic mass is 16.5. The Morgan fingerprint density at radius 3 is 2.68 bits per heavy atom. The second-order valence-corrected chi connectivity index (χ2v) is 6.26. The number of carbonyl (C=O) groups excluding carboxylic acids is 3. The van der Waals surface area contributed by atoms with Gasteiger partial charge in [-0.15, -0.1) is 0 Å². The van der Waals surface area contributed by atoms with Gasteiger partial charge in [0.25, 0.3) is 0 Å². The van der Waals surface area contributed by atoms with E-state index < -0.39 is 29.9 Å². The minimum absolute atomic E-state index is 0.275. The summed E-state index contributed by atoms with van der Waals surface area (Å²) in [5, 5.41) is 12.2. The number of nitrogens with one attached hydrogen (secondary N) is 1. The number of esters is 1. The van der Waals surface area contributed by atoms with Gasteiger partial charge in [0.1, 0.15) is 6.04 Å².